The number of H-pyrrole nitrogens is 1. The Labute approximate surface area is 123 Å². The minimum Gasteiger partial charge on any atom is -0.506 e. The molecule has 0 spiro atoms. The first-order chi connectivity index (χ1) is 10.2. The fourth-order valence-corrected chi connectivity index (χ4v) is 3.45. The lowest BCUT2D eigenvalue weighted by molar-refractivity contribution is 0.481. The molecule has 102 valence electrons. The number of nitrogens with one attached hydrogen (secondary N) is 1. The maximum atomic E-state index is 11.5. The SMILES string of the molecule is O=c1cc(O)c2sc3nc(-c4ccccc4)ccc3c2[nH]1. The molecule has 0 fully saturated rings. The third kappa shape index (κ3) is 1.90. The van der Waals surface area contributed by atoms with Crippen LogP contribution in [0.25, 0.3) is 31.7 Å². The lowest BCUT2D eigenvalue weighted by Crippen LogP contribution is -2.01. The number of pyridine rings is 2. The second-order valence-corrected chi connectivity index (χ2v) is 5.74. The highest BCUT2D eigenvalue weighted by Crippen LogP contribution is 2.36. The van der Waals surface area contributed by atoms with E-state index >= 15 is 0 Å². The summed E-state index contributed by atoms with van der Waals surface area (Å²) in [6.07, 6.45) is 0. The van der Waals surface area contributed by atoms with E-state index < -0.39 is 0 Å². The molecule has 0 atom stereocenters. The first kappa shape index (κ1) is 12.1. The van der Waals surface area contributed by atoms with Crippen LogP contribution in [-0.2, 0) is 0 Å². The van der Waals surface area contributed by atoms with E-state index in [0.717, 1.165) is 21.5 Å². The molecule has 0 saturated heterocycles. The number of aromatic amines is 1. The minimum absolute atomic E-state index is 0.00184. The Balaban J connectivity index is 2.03. The highest BCUT2D eigenvalue weighted by atomic mass is 32.1. The lowest BCUT2D eigenvalue weighted by Gasteiger charge is -2.00. The molecule has 0 unspecified atom stereocenters. The van der Waals surface area contributed by atoms with Crippen LogP contribution in [0.2, 0.25) is 0 Å². The smallest absolute Gasteiger partial charge is 0.252 e. The van der Waals surface area contributed by atoms with Gasteiger partial charge in [-0.3, -0.25) is 4.79 Å². The normalized spacial score (nSPS) is 11.2. The van der Waals surface area contributed by atoms with Crippen molar-refractivity contribution < 1.29 is 5.11 Å². The Hall–Kier alpha value is -2.66. The van der Waals surface area contributed by atoms with Crippen LogP contribution in [0.1, 0.15) is 0 Å². The van der Waals surface area contributed by atoms with Crippen molar-refractivity contribution in [1.29, 1.82) is 0 Å². The molecule has 0 saturated carbocycles. The van der Waals surface area contributed by atoms with E-state index in [9.17, 15) is 9.90 Å². The van der Waals surface area contributed by atoms with Crippen LogP contribution < -0.4 is 5.56 Å². The van der Waals surface area contributed by atoms with Crippen molar-refractivity contribution in [1.82, 2.24) is 9.97 Å². The van der Waals surface area contributed by atoms with E-state index in [2.05, 4.69) is 9.97 Å². The molecule has 0 aliphatic carbocycles. The Morgan fingerprint density at radius 1 is 1.10 bits per heavy atom. The average molecular weight is 294 g/mol. The number of fused-ring (bicyclic) bond motifs is 3. The number of aromatic nitrogens is 2. The zero-order valence-corrected chi connectivity index (χ0v) is 11.6. The molecule has 0 aliphatic rings. The van der Waals surface area contributed by atoms with Gasteiger partial charge in [0.2, 0.25) is 0 Å². The summed E-state index contributed by atoms with van der Waals surface area (Å²) in [6.45, 7) is 0. The highest BCUT2D eigenvalue weighted by Gasteiger charge is 2.12. The van der Waals surface area contributed by atoms with Gasteiger partial charge in [0.05, 0.1) is 15.9 Å². The van der Waals surface area contributed by atoms with Gasteiger partial charge in [-0.1, -0.05) is 30.3 Å². The van der Waals surface area contributed by atoms with E-state index in [4.69, 9.17) is 0 Å². The average Bonchev–Trinajstić information content (AvgIpc) is 2.86. The van der Waals surface area contributed by atoms with Crippen LogP contribution in [0.5, 0.6) is 5.75 Å². The fourth-order valence-electron chi connectivity index (χ4n) is 2.40. The fraction of sp³-hybridized carbons (Fsp3) is 0. The molecule has 3 aromatic heterocycles. The van der Waals surface area contributed by atoms with Crippen LogP contribution in [0.15, 0.2) is 53.3 Å². The Morgan fingerprint density at radius 3 is 2.71 bits per heavy atom. The molecule has 0 amide bonds. The lowest BCUT2D eigenvalue weighted by atomic mass is 10.1. The third-order valence-corrected chi connectivity index (χ3v) is 4.50. The van der Waals surface area contributed by atoms with Gasteiger partial charge in [0, 0.05) is 17.0 Å². The summed E-state index contributed by atoms with van der Waals surface area (Å²) in [5.41, 5.74) is 2.24. The van der Waals surface area contributed by atoms with Gasteiger partial charge in [-0.25, -0.2) is 4.98 Å². The molecule has 4 nitrogen and oxygen atoms in total. The highest BCUT2D eigenvalue weighted by molar-refractivity contribution is 7.25. The van der Waals surface area contributed by atoms with Gasteiger partial charge in [-0.05, 0) is 12.1 Å². The Kier molecular flexibility index (Phi) is 2.55. The van der Waals surface area contributed by atoms with Gasteiger partial charge in [0.25, 0.3) is 5.56 Å². The Bertz CT molecular complexity index is 1020. The van der Waals surface area contributed by atoms with E-state index in [1.54, 1.807) is 0 Å². The van der Waals surface area contributed by atoms with Gasteiger partial charge < -0.3 is 10.1 Å². The topological polar surface area (TPSA) is 66.0 Å². The summed E-state index contributed by atoms with van der Waals surface area (Å²) in [6, 6.07) is 14.9. The minimum atomic E-state index is -0.313. The summed E-state index contributed by atoms with van der Waals surface area (Å²) >= 11 is 1.37. The van der Waals surface area contributed by atoms with Crippen LogP contribution >= 0.6 is 11.3 Å². The largest absolute Gasteiger partial charge is 0.506 e. The number of hydrogen-bond acceptors (Lipinski definition) is 4. The van der Waals surface area contributed by atoms with Gasteiger partial charge in [0.1, 0.15) is 10.6 Å². The van der Waals surface area contributed by atoms with Crippen molar-refractivity contribution in [2.45, 2.75) is 0 Å². The van der Waals surface area contributed by atoms with Crippen LogP contribution in [0.4, 0.5) is 0 Å². The van der Waals surface area contributed by atoms with Gasteiger partial charge in [0.15, 0.2) is 0 Å². The van der Waals surface area contributed by atoms with Crippen LogP contribution in [0, 0.1) is 0 Å². The molecule has 4 rings (SSSR count). The van der Waals surface area contributed by atoms with E-state index in [1.807, 2.05) is 42.5 Å². The number of rotatable bonds is 1. The summed E-state index contributed by atoms with van der Waals surface area (Å²) < 4.78 is 0.655. The first-order valence-electron chi connectivity index (χ1n) is 6.43. The standard InChI is InChI=1S/C16H10N2O2S/c19-12-8-13(20)18-14-10-6-7-11(9-4-2-1-3-5-9)17-16(10)21-15(12)14/h1-8H,(H2,18,19,20). The summed E-state index contributed by atoms with van der Waals surface area (Å²) in [5.74, 6) is -0.00184. The summed E-state index contributed by atoms with van der Waals surface area (Å²) in [5, 5.41) is 10.8. The molecule has 0 aliphatic heterocycles. The van der Waals surface area contributed by atoms with Crippen molar-refractivity contribution in [3.8, 4) is 17.0 Å². The number of hydrogen-bond donors (Lipinski definition) is 2. The molecular formula is C16H10N2O2S. The quantitative estimate of drug-likeness (QED) is 0.564. The Morgan fingerprint density at radius 2 is 1.90 bits per heavy atom. The molecule has 1 aromatic carbocycles. The molecule has 0 radical (unpaired) electrons. The number of thiophene rings is 1. The second kappa shape index (κ2) is 4.43. The van der Waals surface area contributed by atoms with Crippen molar-refractivity contribution in [2.24, 2.45) is 0 Å². The van der Waals surface area contributed by atoms with E-state index in [0.29, 0.717) is 10.2 Å². The van der Waals surface area contributed by atoms with E-state index in [-0.39, 0.29) is 11.3 Å². The van der Waals surface area contributed by atoms with Crippen LogP contribution in [-0.4, -0.2) is 15.1 Å². The van der Waals surface area contributed by atoms with E-state index in [1.165, 1.54) is 17.4 Å². The molecule has 2 N–H and O–H groups in total. The van der Waals surface area contributed by atoms with Gasteiger partial charge in [-0.15, -0.1) is 11.3 Å². The predicted molar refractivity (Wildman–Crippen MR) is 84.8 cm³/mol. The van der Waals surface area contributed by atoms with Gasteiger partial charge in [-0.2, -0.15) is 0 Å². The molecule has 5 heteroatoms. The summed E-state index contributed by atoms with van der Waals surface area (Å²) in [7, 11) is 0. The predicted octanol–water partition coefficient (Wildman–Crippen LogP) is 3.51. The number of aromatic hydroxyl groups is 1. The van der Waals surface area contributed by atoms with Crippen molar-refractivity contribution in [3.05, 3.63) is 58.9 Å². The molecule has 21 heavy (non-hydrogen) atoms. The van der Waals surface area contributed by atoms with Gasteiger partial charge >= 0.3 is 0 Å². The van der Waals surface area contributed by atoms with Crippen molar-refractivity contribution in [2.75, 3.05) is 0 Å². The third-order valence-electron chi connectivity index (χ3n) is 3.37. The molecular weight excluding hydrogens is 284 g/mol. The van der Waals surface area contributed by atoms with Crippen molar-refractivity contribution in [3.63, 3.8) is 0 Å². The molecule has 0 bridgehead atoms. The number of nitrogens with zero attached hydrogens (tertiary/aromatic N) is 1. The molecule has 3 heterocycles. The monoisotopic (exact) mass is 294 g/mol. The second-order valence-electron chi connectivity index (χ2n) is 4.74. The number of benzene rings is 1. The van der Waals surface area contributed by atoms with Crippen LogP contribution in [0.3, 0.4) is 0 Å². The first-order valence-corrected chi connectivity index (χ1v) is 7.25. The maximum Gasteiger partial charge on any atom is 0.252 e. The molecule has 4 aromatic rings. The van der Waals surface area contributed by atoms with Crippen molar-refractivity contribution >= 4 is 31.8 Å². The zero-order valence-electron chi connectivity index (χ0n) is 10.8. The summed E-state index contributed by atoms with van der Waals surface area (Å²) in [4.78, 5) is 19.7. The maximum absolute atomic E-state index is 11.5. The zero-order chi connectivity index (χ0) is 14.4.